The minimum Gasteiger partial charge on any atom is -0.454 e. The van der Waals surface area contributed by atoms with E-state index in [1.165, 1.54) is 0 Å². The quantitative estimate of drug-likeness (QED) is 0.800. The second-order valence-electron chi connectivity index (χ2n) is 7.41. The molecule has 152 valence electrons. The Kier molecular flexibility index (Phi) is 4.59. The van der Waals surface area contributed by atoms with Crippen LogP contribution >= 0.6 is 0 Å². The second-order valence-corrected chi connectivity index (χ2v) is 7.41. The number of ether oxygens (including phenoxy) is 3. The Bertz CT molecular complexity index is 950. The second kappa shape index (κ2) is 7.40. The summed E-state index contributed by atoms with van der Waals surface area (Å²) in [5, 5.41) is 10.0. The van der Waals surface area contributed by atoms with Crippen molar-refractivity contribution in [1.82, 2.24) is 20.4 Å². The molecule has 0 saturated carbocycles. The molecule has 0 spiro atoms. The normalized spacial score (nSPS) is 19.9. The van der Waals surface area contributed by atoms with Crippen molar-refractivity contribution in [1.29, 1.82) is 0 Å². The first-order valence-electron chi connectivity index (χ1n) is 9.82. The first kappa shape index (κ1) is 18.0. The monoisotopic (exact) mass is 398 g/mol. The third-order valence-corrected chi connectivity index (χ3v) is 5.56. The van der Waals surface area contributed by atoms with Crippen LogP contribution in [0.3, 0.4) is 0 Å². The lowest BCUT2D eigenvalue weighted by Crippen LogP contribution is -2.42. The van der Waals surface area contributed by atoms with Crippen LogP contribution in [0.2, 0.25) is 0 Å². The standard InChI is InChI=1S/C20H22N4O5/c25-19(21-9-12-3-4-15-17(8-12)29-11-28-15)18-13-5-6-24(10-14(13)22-23-18)20(26)16-2-1-7-27-16/h3-4,8,16H,1-2,5-7,9-11H2,(H,21,25)(H,22,23). The van der Waals surface area contributed by atoms with Gasteiger partial charge >= 0.3 is 0 Å². The Balaban J connectivity index is 1.22. The molecular weight excluding hydrogens is 376 g/mol. The number of H-pyrrole nitrogens is 1. The highest BCUT2D eigenvalue weighted by molar-refractivity contribution is 5.94. The minimum absolute atomic E-state index is 0.0246. The van der Waals surface area contributed by atoms with Gasteiger partial charge in [0.1, 0.15) is 6.10 Å². The van der Waals surface area contributed by atoms with Gasteiger partial charge in [-0.3, -0.25) is 14.7 Å². The van der Waals surface area contributed by atoms with E-state index in [0.29, 0.717) is 49.9 Å². The first-order chi connectivity index (χ1) is 14.2. The van der Waals surface area contributed by atoms with Crippen molar-refractivity contribution in [3.05, 3.63) is 40.7 Å². The molecule has 2 N–H and O–H groups in total. The van der Waals surface area contributed by atoms with Crippen LogP contribution in [0, 0.1) is 0 Å². The number of aromatic nitrogens is 2. The average Bonchev–Trinajstić information content (AvgIpc) is 3.50. The molecule has 4 heterocycles. The van der Waals surface area contributed by atoms with E-state index < -0.39 is 0 Å². The fraction of sp³-hybridized carbons (Fsp3) is 0.450. The number of hydrogen-bond donors (Lipinski definition) is 2. The lowest BCUT2D eigenvalue weighted by molar-refractivity contribution is -0.141. The molecule has 1 unspecified atom stereocenters. The maximum absolute atomic E-state index is 12.7. The van der Waals surface area contributed by atoms with Gasteiger partial charge in [0.05, 0.1) is 12.2 Å². The summed E-state index contributed by atoms with van der Waals surface area (Å²) in [6.45, 7) is 2.22. The summed E-state index contributed by atoms with van der Waals surface area (Å²) in [5.41, 5.74) is 3.01. The molecular formula is C20H22N4O5. The van der Waals surface area contributed by atoms with Gasteiger partial charge in [0, 0.05) is 25.3 Å². The fourth-order valence-corrected chi connectivity index (χ4v) is 3.99. The summed E-state index contributed by atoms with van der Waals surface area (Å²) < 4.78 is 16.2. The molecule has 1 saturated heterocycles. The van der Waals surface area contributed by atoms with Gasteiger partial charge in [0.2, 0.25) is 6.79 Å². The van der Waals surface area contributed by atoms with Crippen LogP contribution < -0.4 is 14.8 Å². The number of hydrogen-bond acceptors (Lipinski definition) is 6. The van der Waals surface area contributed by atoms with Crippen molar-refractivity contribution in [2.45, 2.75) is 38.5 Å². The van der Waals surface area contributed by atoms with Crippen molar-refractivity contribution in [3.8, 4) is 11.5 Å². The number of benzene rings is 1. The van der Waals surface area contributed by atoms with E-state index in [9.17, 15) is 9.59 Å². The van der Waals surface area contributed by atoms with Gasteiger partial charge in [-0.2, -0.15) is 5.10 Å². The van der Waals surface area contributed by atoms with Crippen LogP contribution in [0.15, 0.2) is 18.2 Å². The van der Waals surface area contributed by atoms with Crippen LogP contribution in [-0.4, -0.2) is 53.0 Å². The van der Waals surface area contributed by atoms with Crippen molar-refractivity contribution in [3.63, 3.8) is 0 Å². The van der Waals surface area contributed by atoms with Crippen LogP contribution in [0.4, 0.5) is 0 Å². The molecule has 9 nitrogen and oxygen atoms in total. The molecule has 29 heavy (non-hydrogen) atoms. The van der Waals surface area contributed by atoms with Gasteiger partial charge in [-0.1, -0.05) is 6.07 Å². The molecule has 1 fully saturated rings. The molecule has 1 aromatic heterocycles. The van der Waals surface area contributed by atoms with Crippen LogP contribution in [0.25, 0.3) is 0 Å². The highest BCUT2D eigenvalue weighted by atomic mass is 16.7. The van der Waals surface area contributed by atoms with Gasteiger partial charge in [0.25, 0.3) is 11.8 Å². The Morgan fingerprint density at radius 1 is 1.28 bits per heavy atom. The first-order valence-corrected chi connectivity index (χ1v) is 9.82. The summed E-state index contributed by atoms with van der Waals surface area (Å²) in [4.78, 5) is 27.0. The van der Waals surface area contributed by atoms with Crippen LogP contribution in [-0.2, 0) is 29.0 Å². The summed E-state index contributed by atoms with van der Waals surface area (Å²) in [6, 6.07) is 5.58. The van der Waals surface area contributed by atoms with E-state index in [4.69, 9.17) is 14.2 Å². The predicted octanol–water partition coefficient (Wildman–Crippen LogP) is 1.13. The van der Waals surface area contributed by atoms with Crippen molar-refractivity contribution in [2.24, 2.45) is 0 Å². The highest BCUT2D eigenvalue weighted by Crippen LogP contribution is 2.32. The summed E-state index contributed by atoms with van der Waals surface area (Å²) in [5.74, 6) is 1.18. The SMILES string of the molecule is O=C(NCc1ccc2c(c1)OCO2)c1n[nH]c2c1CCN(C(=O)C1CCCO1)C2. The van der Waals surface area contributed by atoms with Gasteiger partial charge in [0.15, 0.2) is 17.2 Å². The number of nitrogens with one attached hydrogen (secondary N) is 2. The Morgan fingerprint density at radius 3 is 3.03 bits per heavy atom. The number of carbonyl (C=O) groups excluding carboxylic acids is 2. The zero-order chi connectivity index (χ0) is 19.8. The van der Waals surface area contributed by atoms with Gasteiger partial charge in [-0.05, 0) is 37.0 Å². The summed E-state index contributed by atoms with van der Waals surface area (Å²) >= 11 is 0. The van der Waals surface area contributed by atoms with E-state index in [2.05, 4.69) is 15.5 Å². The minimum atomic E-state index is -0.330. The van der Waals surface area contributed by atoms with Crippen LogP contribution in [0.1, 0.15) is 40.2 Å². The fourth-order valence-electron chi connectivity index (χ4n) is 3.99. The molecule has 1 aromatic carbocycles. The van der Waals surface area contributed by atoms with E-state index in [1.54, 1.807) is 4.90 Å². The molecule has 2 aromatic rings. The zero-order valence-electron chi connectivity index (χ0n) is 15.9. The van der Waals surface area contributed by atoms with Gasteiger partial charge < -0.3 is 24.4 Å². The molecule has 9 heteroatoms. The van der Waals surface area contributed by atoms with Crippen molar-refractivity contribution in [2.75, 3.05) is 19.9 Å². The summed E-state index contributed by atoms with van der Waals surface area (Å²) in [7, 11) is 0. The van der Waals surface area contributed by atoms with E-state index in [0.717, 1.165) is 29.7 Å². The Labute approximate surface area is 167 Å². The summed E-state index contributed by atoms with van der Waals surface area (Å²) in [6.07, 6.45) is 1.96. The van der Waals surface area contributed by atoms with E-state index in [1.807, 2.05) is 18.2 Å². The number of fused-ring (bicyclic) bond motifs is 2. The number of carbonyl (C=O) groups is 2. The molecule has 0 radical (unpaired) electrons. The lowest BCUT2D eigenvalue weighted by Gasteiger charge is -2.28. The number of rotatable bonds is 4. The third kappa shape index (κ3) is 3.42. The maximum Gasteiger partial charge on any atom is 0.272 e. The molecule has 3 aliphatic rings. The van der Waals surface area contributed by atoms with E-state index >= 15 is 0 Å². The largest absolute Gasteiger partial charge is 0.454 e. The van der Waals surface area contributed by atoms with Crippen molar-refractivity contribution < 1.29 is 23.8 Å². The van der Waals surface area contributed by atoms with Gasteiger partial charge in [-0.15, -0.1) is 0 Å². The number of nitrogens with zero attached hydrogens (tertiary/aromatic N) is 2. The topological polar surface area (TPSA) is 106 Å². The molecule has 2 amide bonds. The molecule has 5 rings (SSSR count). The molecule has 0 bridgehead atoms. The highest BCUT2D eigenvalue weighted by Gasteiger charge is 2.32. The molecule has 1 atom stereocenters. The molecule has 3 aliphatic heterocycles. The predicted molar refractivity (Wildman–Crippen MR) is 100 cm³/mol. The zero-order valence-corrected chi connectivity index (χ0v) is 15.9. The number of aromatic amines is 1. The third-order valence-electron chi connectivity index (χ3n) is 5.56. The van der Waals surface area contributed by atoms with Crippen molar-refractivity contribution >= 4 is 11.8 Å². The van der Waals surface area contributed by atoms with Crippen LogP contribution in [0.5, 0.6) is 11.5 Å². The van der Waals surface area contributed by atoms with E-state index in [-0.39, 0.29) is 24.7 Å². The Morgan fingerprint density at radius 2 is 2.17 bits per heavy atom. The smallest absolute Gasteiger partial charge is 0.272 e. The average molecular weight is 398 g/mol. The number of amides is 2. The Hall–Kier alpha value is -3.07. The van der Waals surface area contributed by atoms with Gasteiger partial charge in [-0.25, -0.2) is 0 Å². The lowest BCUT2D eigenvalue weighted by atomic mass is 10.0. The maximum atomic E-state index is 12.7. The molecule has 0 aliphatic carbocycles.